The highest BCUT2D eigenvalue weighted by Crippen LogP contribution is 2.12. The van der Waals surface area contributed by atoms with Crippen LogP contribution in [-0.4, -0.2) is 36.1 Å². The molecular weight excluding hydrogens is 244 g/mol. The maximum atomic E-state index is 12.0. The SMILES string of the molecule is CC(C)CN(CCC(N)=S)S(=O)(=O)C(C)C. The van der Waals surface area contributed by atoms with Crippen molar-refractivity contribution < 1.29 is 8.42 Å². The van der Waals surface area contributed by atoms with Crippen LogP contribution in [0.25, 0.3) is 0 Å². The summed E-state index contributed by atoms with van der Waals surface area (Å²) in [6, 6.07) is 0. The molecule has 0 spiro atoms. The second-order valence-electron chi connectivity index (χ2n) is 4.56. The summed E-state index contributed by atoms with van der Waals surface area (Å²) in [4.78, 5) is 0.354. The maximum Gasteiger partial charge on any atom is 0.216 e. The monoisotopic (exact) mass is 266 g/mol. The molecule has 4 nitrogen and oxygen atoms in total. The van der Waals surface area contributed by atoms with Gasteiger partial charge in [0.15, 0.2) is 0 Å². The Labute approximate surface area is 104 Å². The van der Waals surface area contributed by atoms with Crippen LogP contribution in [0.1, 0.15) is 34.1 Å². The van der Waals surface area contributed by atoms with Crippen LogP contribution in [0.2, 0.25) is 0 Å². The Hall–Kier alpha value is -0.200. The number of nitrogens with zero attached hydrogens (tertiary/aromatic N) is 1. The first kappa shape index (κ1) is 15.8. The molecule has 0 heterocycles. The van der Waals surface area contributed by atoms with E-state index in [1.807, 2.05) is 13.8 Å². The zero-order valence-corrected chi connectivity index (χ0v) is 12.1. The Kier molecular flexibility index (Phi) is 6.43. The van der Waals surface area contributed by atoms with Crippen molar-refractivity contribution in [3.8, 4) is 0 Å². The van der Waals surface area contributed by atoms with E-state index in [4.69, 9.17) is 18.0 Å². The van der Waals surface area contributed by atoms with Gasteiger partial charge in [0.25, 0.3) is 0 Å². The lowest BCUT2D eigenvalue weighted by Gasteiger charge is -2.25. The Bertz CT molecular complexity index is 324. The summed E-state index contributed by atoms with van der Waals surface area (Å²) in [6.07, 6.45) is 0.438. The highest BCUT2D eigenvalue weighted by molar-refractivity contribution is 7.89. The van der Waals surface area contributed by atoms with Gasteiger partial charge >= 0.3 is 0 Å². The van der Waals surface area contributed by atoms with Crippen LogP contribution < -0.4 is 5.73 Å². The summed E-state index contributed by atoms with van der Waals surface area (Å²) >= 11 is 4.77. The molecular formula is C10H22N2O2S2. The molecule has 0 aromatic heterocycles. The van der Waals surface area contributed by atoms with Crippen LogP contribution in [-0.2, 0) is 10.0 Å². The zero-order valence-electron chi connectivity index (χ0n) is 10.4. The largest absolute Gasteiger partial charge is 0.393 e. The topological polar surface area (TPSA) is 63.4 Å². The molecule has 0 aliphatic rings. The minimum atomic E-state index is -3.21. The van der Waals surface area contributed by atoms with Gasteiger partial charge in [-0.1, -0.05) is 26.1 Å². The molecule has 0 saturated heterocycles. The molecule has 6 heteroatoms. The molecule has 0 aromatic carbocycles. The van der Waals surface area contributed by atoms with Gasteiger partial charge in [0.1, 0.15) is 0 Å². The molecule has 0 atom stereocenters. The summed E-state index contributed by atoms with van der Waals surface area (Å²) in [5.41, 5.74) is 5.40. The first-order valence-corrected chi connectivity index (χ1v) is 7.36. The molecule has 16 heavy (non-hydrogen) atoms. The Morgan fingerprint density at radius 3 is 2.12 bits per heavy atom. The first-order valence-electron chi connectivity index (χ1n) is 5.45. The van der Waals surface area contributed by atoms with E-state index in [2.05, 4.69) is 0 Å². The van der Waals surface area contributed by atoms with Crippen LogP contribution in [0.15, 0.2) is 0 Å². The molecule has 0 fully saturated rings. The quantitative estimate of drug-likeness (QED) is 0.707. The lowest BCUT2D eigenvalue weighted by molar-refractivity contribution is 0.371. The highest BCUT2D eigenvalue weighted by atomic mass is 32.2. The molecule has 0 bridgehead atoms. The number of sulfonamides is 1. The minimum absolute atomic E-state index is 0.292. The van der Waals surface area contributed by atoms with E-state index in [1.54, 1.807) is 13.8 Å². The van der Waals surface area contributed by atoms with E-state index in [1.165, 1.54) is 4.31 Å². The summed E-state index contributed by atoms with van der Waals surface area (Å²) in [7, 11) is -3.21. The van der Waals surface area contributed by atoms with Crippen LogP contribution in [0.5, 0.6) is 0 Å². The standard InChI is InChI=1S/C10H22N2O2S2/c1-8(2)7-12(6-5-10(11)15)16(13,14)9(3)4/h8-9H,5-7H2,1-4H3,(H2,11,15). The van der Waals surface area contributed by atoms with Gasteiger partial charge in [0.2, 0.25) is 10.0 Å². The third-order valence-electron chi connectivity index (χ3n) is 2.13. The average Bonchev–Trinajstić information content (AvgIpc) is 2.10. The van der Waals surface area contributed by atoms with Gasteiger partial charge < -0.3 is 5.73 Å². The summed E-state index contributed by atoms with van der Waals surface area (Å²) < 4.78 is 25.5. The van der Waals surface area contributed by atoms with Crippen molar-refractivity contribution in [1.29, 1.82) is 0 Å². The Morgan fingerprint density at radius 1 is 1.31 bits per heavy atom. The minimum Gasteiger partial charge on any atom is -0.393 e. The lowest BCUT2D eigenvalue weighted by Crippen LogP contribution is -2.40. The van der Waals surface area contributed by atoms with Crippen molar-refractivity contribution in [3.63, 3.8) is 0 Å². The van der Waals surface area contributed by atoms with Crippen molar-refractivity contribution in [3.05, 3.63) is 0 Å². The van der Waals surface area contributed by atoms with Gasteiger partial charge in [-0.2, -0.15) is 0 Å². The fourth-order valence-corrected chi connectivity index (χ4v) is 2.80. The predicted octanol–water partition coefficient (Wildman–Crippen LogP) is 1.36. The van der Waals surface area contributed by atoms with E-state index >= 15 is 0 Å². The van der Waals surface area contributed by atoms with Gasteiger partial charge in [0, 0.05) is 19.5 Å². The van der Waals surface area contributed by atoms with Crippen molar-refractivity contribution in [2.24, 2.45) is 11.7 Å². The summed E-state index contributed by atoms with van der Waals surface area (Å²) in [6.45, 7) is 8.25. The molecule has 0 radical (unpaired) electrons. The van der Waals surface area contributed by atoms with E-state index in [0.717, 1.165) is 0 Å². The third kappa shape index (κ3) is 5.23. The van der Waals surface area contributed by atoms with Crippen molar-refractivity contribution >= 4 is 27.2 Å². The molecule has 96 valence electrons. The maximum absolute atomic E-state index is 12.0. The van der Waals surface area contributed by atoms with E-state index in [9.17, 15) is 8.42 Å². The van der Waals surface area contributed by atoms with Crippen molar-refractivity contribution in [1.82, 2.24) is 4.31 Å². The van der Waals surface area contributed by atoms with Gasteiger partial charge in [-0.15, -0.1) is 0 Å². The number of nitrogens with two attached hydrogens (primary N) is 1. The molecule has 0 unspecified atom stereocenters. The fraction of sp³-hybridized carbons (Fsp3) is 0.900. The van der Waals surface area contributed by atoms with Crippen LogP contribution >= 0.6 is 12.2 Å². The normalized spacial score (nSPS) is 12.7. The molecule has 0 amide bonds. The molecule has 0 aliphatic heterocycles. The first-order chi connectivity index (χ1) is 7.17. The molecule has 0 aromatic rings. The lowest BCUT2D eigenvalue weighted by atomic mass is 10.2. The second kappa shape index (κ2) is 6.51. The van der Waals surface area contributed by atoms with Crippen molar-refractivity contribution in [2.75, 3.05) is 13.1 Å². The van der Waals surface area contributed by atoms with Gasteiger partial charge in [-0.05, 0) is 19.8 Å². The van der Waals surface area contributed by atoms with E-state index in [-0.39, 0.29) is 0 Å². The number of thiocarbonyl (C=S) groups is 1. The Morgan fingerprint density at radius 2 is 1.81 bits per heavy atom. The van der Waals surface area contributed by atoms with Gasteiger partial charge in [-0.3, -0.25) is 0 Å². The average molecular weight is 266 g/mol. The predicted molar refractivity (Wildman–Crippen MR) is 71.9 cm³/mol. The zero-order chi connectivity index (χ0) is 12.9. The van der Waals surface area contributed by atoms with E-state index in [0.29, 0.717) is 30.4 Å². The Balaban J connectivity index is 4.73. The van der Waals surface area contributed by atoms with Gasteiger partial charge in [-0.25, -0.2) is 12.7 Å². The molecule has 2 N–H and O–H groups in total. The van der Waals surface area contributed by atoms with Crippen LogP contribution in [0.3, 0.4) is 0 Å². The smallest absolute Gasteiger partial charge is 0.216 e. The van der Waals surface area contributed by atoms with Crippen LogP contribution in [0.4, 0.5) is 0 Å². The summed E-state index contributed by atoms with van der Waals surface area (Å²) in [5.74, 6) is 0.292. The summed E-state index contributed by atoms with van der Waals surface area (Å²) in [5, 5.41) is -0.405. The van der Waals surface area contributed by atoms with Crippen molar-refractivity contribution in [2.45, 2.75) is 39.4 Å². The number of hydrogen-bond donors (Lipinski definition) is 1. The molecule has 0 rings (SSSR count). The third-order valence-corrected chi connectivity index (χ3v) is 4.58. The van der Waals surface area contributed by atoms with E-state index < -0.39 is 15.3 Å². The second-order valence-corrected chi connectivity index (χ2v) is 7.58. The number of hydrogen-bond acceptors (Lipinski definition) is 3. The van der Waals surface area contributed by atoms with Gasteiger partial charge in [0.05, 0.1) is 10.2 Å². The molecule has 0 aliphatic carbocycles. The highest BCUT2D eigenvalue weighted by Gasteiger charge is 2.25. The van der Waals surface area contributed by atoms with Crippen LogP contribution in [0, 0.1) is 5.92 Å². The number of rotatable bonds is 7. The molecule has 0 saturated carbocycles. The fourth-order valence-electron chi connectivity index (χ4n) is 1.26.